The molecular weight excluding hydrogens is 218 g/mol. The van der Waals surface area contributed by atoms with Crippen molar-refractivity contribution in [2.45, 2.75) is 16.5 Å². The van der Waals surface area contributed by atoms with Crippen LogP contribution in [0.25, 0.3) is 0 Å². The molecule has 0 fully saturated rings. The van der Waals surface area contributed by atoms with Gasteiger partial charge in [0.1, 0.15) is 0 Å². The number of rotatable bonds is 4. The molecule has 4 heteroatoms. The molecule has 82 valence electrons. The smallest absolute Gasteiger partial charge is 0.192 e. The number of nitrogens with zero attached hydrogens (tertiary/aromatic N) is 2. The van der Waals surface area contributed by atoms with Crippen molar-refractivity contribution in [2.75, 3.05) is 6.54 Å². The van der Waals surface area contributed by atoms with Gasteiger partial charge in [-0.3, -0.25) is 0 Å². The van der Waals surface area contributed by atoms with E-state index in [4.69, 9.17) is 5.73 Å². The molecule has 0 saturated heterocycles. The summed E-state index contributed by atoms with van der Waals surface area (Å²) in [5, 5.41) is 0.770. The molecule has 0 aliphatic carbocycles. The van der Waals surface area contributed by atoms with Gasteiger partial charge in [0.05, 0.1) is 0 Å². The van der Waals surface area contributed by atoms with E-state index in [9.17, 15) is 0 Å². The van der Waals surface area contributed by atoms with Crippen LogP contribution in [-0.4, -0.2) is 16.5 Å². The number of hydrogen-bond acceptors (Lipinski definition) is 4. The van der Waals surface area contributed by atoms with E-state index in [1.165, 1.54) is 0 Å². The zero-order valence-electron chi connectivity index (χ0n) is 8.84. The lowest BCUT2D eigenvalue weighted by molar-refractivity contribution is 0.890. The number of hydrogen-bond donors (Lipinski definition) is 1. The normalized spacial score (nSPS) is 10.3. The summed E-state index contributed by atoms with van der Waals surface area (Å²) < 4.78 is 0. The molecule has 0 radical (unpaired) electrons. The van der Waals surface area contributed by atoms with Gasteiger partial charge in [0.15, 0.2) is 5.16 Å². The zero-order valence-corrected chi connectivity index (χ0v) is 9.65. The second-order valence-corrected chi connectivity index (χ2v) is 4.37. The molecule has 2 N–H and O–H groups in total. The first kappa shape index (κ1) is 11.1. The Morgan fingerprint density at radius 2 is 1.75 bits per heavy atom. The highest BCUT2D eigenvalue weighted by Crippen LogP contribution is 2.23. The Balaban J connectivity index is 2.05. The van der Waals surface area contributed by atoms with Gasteiger partial charge in [0.25, 0.3) is 0 Å². The van der Waals surface area contributed by atoms with Crippen molar-refractivity contribution in [3.8, 4) is 0 Å². The van der Waals surface area contributed by atoms with Crippen LogP contribution in [0.15, 0.2) is 52.8 Å². The predicted molar refractivity (Wildman–Crippen MR) is 65.4 cm³/mol. The maximum atomic E-state index is 5.46. The van der Waals surface area contributed by atoms with E-state index in [1.54, 1.807) is 11.8 Å². The molecule has 1 aromatic heterocycles. The van der Waals surface area contributed by atoms with Gasteiger partial charge >= 0.3 is 0 Å². The average Bonchev–Trinajstić information content (AvgIpc) is 2.33. The highest BCUT2D eigenvalue weighted by molar-refractivity contribution is 7.99. The van der Waals surface area contributed by atoms with Crippen LogP contribution in [-0.2, 0) is 6.42 Å². The van der Waals surface area contributed by atoms with Crippen molar-refractivity contribution >= 4 is 11.8 Å². The minimum atomic E-state index is 0.633. The minimum Gasteiger partial charge on any atom is -0.330 e. The van der Waals surface area contributed by atoms with Crippen LogP contribution in [0.3, 0.4) is 0 Å². The van der Waals surface area contributed by atoms with Crippen LogP contribution in [0.2, 0.25) is 0 Å². The fourth-order valence-corrected chi connectivity index (χ4v) is 2.00. The average molecular weight is 231 g/mol. The van der Waals surface area contributed by atoms with Crippen molar-refractivity contribution in [3.63, 3.8) is 0 Å². The van der Waals surface area contributed by atoms with Gasteiger partial charge in [-0.25, -0.2) is 9.97 Å². The third kappa shape index (κ3) is 3.05. The third-order valence-electron chi connectivity index (χ3n) is 2.07. The van der Waals surface area contributed by atoms with Gasteiger partial charge in [-0.2, -0.15) is 0 Å². The Morgan fingerprint density at radius 3 is 2.38 bits per heavy atom. The lowest BCUT2D eigenvalue weighted by Gasteiger charge is -2.01. The highest BCUT2D eigenvalue weighted by Gasteiger charge is 1.99. The number of aromatic nitrogens is 2. The second kappa shape index (κ2) is 5.63. The summed E-state index contributed by atoms with van der Waals surface area (Å²) in [5.41, 5.74) is 6.54. The molecule has 1 heterocycles. The van der Waals surface area contributed by atoms with E-state index in [0.29, 0.717) is 6.54 Å². The van der Waals surface area contributed by atoms with Crippen LogP contribution in [0, 0.1) is 0 Å². The van der Waals surface area contributed by atoms with Crippen molar-refractivity contribution in [1.29, 1.82) is 0 Å². The zero-order chi connectivity index (χ0) is 11.2. The van der Waals surface area contributed by atoms with Gasteiger partial charge in [-0.15, -0.1) is 0 Å². The predicted octanol–water partition coefficient (Wildman–Crippen LogP) is 2.13. The molecule has 16 heavy (non-hydrogen) atoms. The van der Waals surface area contributed by atoms with Crippen molar-refractivity contribution in [2.24, 2.45) is 5.73 Å². The van der Waals surface area contributed by atoms with E-state index < -0.39 is 0 Å². The molecule has 0 aliphatic heterocycles. The Hall–Kier alpha value is -1.39. The molecule has 3 nitrogen and oxygen atoms in total. The van der Waals surface area contributed by atoms with Crippen LogP contribution in [0.4, 0.5) is 0 Å². The topological polar surface area (TPSA) is 51.8 Å². The summed E-state index contributed by atoms with van der Waals surface area (Å²) in [7, 11) is 0. The fourth-order valence-electron chi connectivity index (χ4n) is 1.29. The van der Waals surface area contributed by atoms with E-state index in [1.807, 2.05) is 42.7 Å². The van der Waals surface area contributed by atoms with Crippen LogP contribution in [0.5, 0.6) is 0 Å². The molecule has 0 unspecified atom stereocenters. The molecule has 0 spiro atoms. The second-order valence-electron chi connectivity index (χ2n) is 3.33. The first-order chi connectivity index (χ1) is 7.88. The summed E-state index contributed by atoms with van der Waals surface area (Å²) in [4.78, 5) is 9.73. The molecular formula is C12H13N3S. The highest BCUT2D eigenvalue weighted by atomic mass is 32.2. The van der Waals surface area contributed by atoms with Crippen LogP contribution >= 0.6 is 11.8 Å². The van der Waals surface area contributed by atoms with E-state index in [2.05, 4.69) is 9.97 Å². The van der Waals surface area contributed by atoms with E-state index in [0.717, 1.165) is 22.0 Å². The summed E-state index contributed by atoms with van der Waals surface area (Å²) in [6.45, 7) is 0.633. The molecule has 1 aromatic carbocycles. The van der Waals surface area contributed by atoms with Gasteiger partial charge in [0, 0.05) is 17.3 Å². The molecule has 0 amide bonds. The Labute approximate surface area is 99.1 Å². The molecule has 2 aromatic rings. The summed E-state index contributed by atoms with van der Waals surface area (Å²) in [6.07, 6.45) is 4.51. The van der Waals surface area contributed by atoms with Crippen LogP contribution in [0.1, 0.15) is 5.56 Å². The van der Waals surface area contributed by atoms with Crippen LogP contribution < -0.4 is 5.73 Å². The van der Waals surface area contributed by atoms with Gasteiger partial charge in [0.2, 0.25) is 0 Å². The summed E-state index contributed by atoms with van der Waals surface area (Å²) in [6, 6.07) is 10.1. The van der Waals surface area contributed by atoms with E-state index >= 15 is 0 Å². The molecule has 0 aliphatic rings. The SMILES string of the molecule is NCCc1cnc(Sc2ccccc2)nc1. The maximum absolute atomic E-state index is 5.46. The Morgan fingerprint density at radius 1 is 1.06 bits per heavy atom. The van der Waals surface area contributed by atoms with Crippen molar-refractivity contribution in [3.05, 3.63) is 48.3 Å². The monoisotopic (exact) mass is 231 g/mol. The Bertz CT molecular complexity index is 428. The summed E-state index contributed by atoms with van der Waals surface area (Å²) >= 11 is 1.56. The molecule has 2 rings (SSSR count). The summed E-state index contributed by atoms with van der Waals surface area (Å²) in [5.74, 6) is 0. The maximum Gasteiger partial charge on any atom is 0.192 e. The van der Waals surface area contributed by atoms with E-state index in [-0.39, 0.29) is 0 Å². The molecule has 0 bridgehead atoms. The largest absolute Gasteiger partial charge is 0.330 e. The first-order valence-electron chi connectivity index (χ1n) is 5.12. The Kier molecular flexibility index (Phi) is 3.91. The lowest BCUT2D eigenvalue weighted by atomic mass is 10.2. The molecule has 0 atom stereocenters. The van der Waals surface area contributed by atoms with Crippen molar-refractivity contribution < 1.29 is 0 Å². The number of benzene rings is 1. The quantitative estimate of drug-likeness (QED) is 0.819. The minimum absolute atomic E-state index is 0.633. The standard InChI is InChI=1S/C12H13N3S/c13-7-6-10-8-14-12(15-9-10)16-11-4-2-1-3-5-11/h1-5,8-9H,6-7,13H2. The van der Waals surface area contributed by atoms with Gasteiger partial charge < -0.3 is 5.73 Å². The van der Waals surface area contributed by atoms with Crippen molar-refractivity contribution in [1.82, 2.24) is 9.97 Å². The first-order valence-corrected chi connectivity index (χ1v) is 5.94. The van der Waals surface area contributed by atoms with Gasteiger partial charge in [-0.1, -0.05) is 18.2 Å². The number of nitrogens with two attached hydrogens (primary N) is 1. The fraction of sp³-hybridized carbons (Fsp3) is 0.167. The lowest BCUT2D eigenvalue weighted by Crippen LogP contribution is -2.03. The molecule has 0 saturated carbocycles. The third-order valence-corrected chi connectivity index (χ3v) is 2.97. The van der Waals surface area contributed by atoms with Gasteiger partial charge in [-0.05, 0) is 42.4 Å².